The standard InChI is InChI=1S/C16H17NO.Na/c1-12(14-6-10-16(18)11-7-14)13-4-8-15(9-5-13)17(2)3;/h4-11,18H,1H2,2-3H3;/q;+1/p-1. The molecule has 2 aromatic rings. The maximum absolute atomic E-state index is 11.1. The molecule has 0 unspecified atom stereocenters. The van der Waals surface area contributed by atoms with E-state index in [0.717, 1.165) is 22.4 Å². The van der Waals surface area contributed by atoms with Crippen LogP contribution in [-0.2, 0) is 0 Å². The molecule has 0 fully saturated rings. The van der Waals surface area contributed by atoms with Crippen molar-refractivity contribution in [2.45, 2.75) is 0 Å². The first kappa shape index (κ1) is 15.8. The molecule has 0 heterocycles. The normalized spacial score (nSPS) is 9.58. The van der Waals surface area contributed by atoms with Gasteiger partial charge in [0.1, 0.15) is 0 Å². The molecule has 0 saturated heterocycles. The zero-order valence-electron chi connectivity index (χ0n) is 11.7. The Kier molecular flexibility index (Phi) is 5.67. The number of hydrogen-bond donors (Lipinski definition) is 0. The van der Waals surface area contributed by atoms with Gasteiger partial charge < -0.3 is 10.0 Å². The van der Waals surface area contributed by atoms with Gasteiger partial charge in [-0.25, -0.2) is 0 Å². The number of anilines is 1. The van der Waals surface area contributed by atoms with Crippen molar-refractivity contribution in [1.29, 1.82) is 0 Å². The van der Waals surface area contributed by atoms with Crippen LogP contribution in [0.5, 0.6) is 5.75 Å². The van der Waals surface area contributed by atoms with Crippen molar-refractivity contribution in [1.82, 2.24) is 0 Å². The maximum Gasteiger partial charge on any atom is 1.00 e. The van der Waals surface area contributed by atoms with Crippen LogP contribution in [0.2, 0.25) is 0 Å². The summed E-state index contributed by atoms with van der Waals surface area (Å²) in [6, 6.07) is 15.0. The summed E-state index contributed by atoms with van der Waals surface area (Å²) >= 11 is 0. The Hall–Kier alpha value is -1.22. The molecular formula is C16H16NNaO. The van der Waals surface area contributed by atoms with Gasteiger partial charge in [0.25, 0.3) is 0 Å². The van der Waals surface area contributed by atoms with Crippen molar-refractivity contribution in [2.75, 3.05) is 19.0 Å². The Morgan fingerprint density at radius 1 is 0.895 bits per heavy atom. The smallest absolute Gasteiger partial charge is 0.872 e. The van der Waals surface area contributed by atoms with Crippen LogP contribution < -0.4 is 39.6 Å². The third-order valence-corrected chi connectivity index (χ3v) is 2.93. The van der Waals surface area contributed by atoms with E-state index in [-0.39, 0.29) is 35.3 Å². The van der Waals surface area contributed by atoms with Gasteiger partial charge in [0.05, 0.1) is 0 Å². The van der Waals surface area contributed by atoms with Crippen LogP contribution in [0.25, 0.3) is 5.57 Å². The van der Waals surface area contributed by atoms with Gasteiger partial charge in [-0.15, -0.1) is 5.75 Å². The second-order valence-corrected chi connectivity index (χ2v) is 4.44. The predicted octanol–water partition coefficient (Wildman–Crippen LogP) is -0.108. The molecule has 2 nitrogen and oxygen atoms in total. The molecule has 2 aromatic carbocycles. The SMILES string of the molecule is C=C(c1ccc([O-])cc1)c1ccc(N(C)C)cc1.[Na+]. The first-order valence-corrected chi connectivity index (χ1v) is 5.82. The molecule has 0 bridgehead atoms. The van der Waals surface area contributed by atoms with Gasteiger partial charge in [0.15, 0.2) is 0 Å². The Bertz CT molecular complexity index is 544. The molecule has 19 heavy (non-hydrogen) atoms. The monoisotopic (exact) mass is 261 g/mol. The average molecular weight is 261 g/mol. The van der Waals surface area contributed by atoms with Crippen LogP contribution >= 0.6 is 0 Å². The van der Waals surface area contributed by atoms with Crippen LogP contribution in [-0.4, -0.2) is 14.1 Å². The van der Waals surface area contributed by atoms with Gasteiger partial charge in [0.2, 0.25) is 0 Å². The summed E-state index contributed by atoms with van der Waals surface area (Å²) in [4.78, 5) is 2.05. The van der Waals surface area contributed by atoms with E-state index in [9.17, 15) is 5.11 Å². The van der Waals surface area contributed by atoms with Crippen molar-refractivity contribution < 1.29 is 34.7 Å². The second kappa shape index (κ2) is 6.80. The van der Waals surface area contributed by atoms with Crippen molar-refractivity contribution >= 4 is 11.3 Å². The first-order valence-electron chi connectivity index (χ1n) is 5.82. The van der Waals surface area contributed by atoms with Gasteiger partial charge in [0, 0.05) is 19.8 Å². The third kappa shape index (κ3) is 3.87. The fourth-order valence-electron chi connectivity index (χ4n) is 1.78. The number of hydrogen-bond acceptors (Lipinski definition) is 2. The van der Waals surface area contributed by atoms with Gasteiger partial charge in [-0.2, -0.15) is 0 Å². The molecule has 0 aliphatic rings. The minimum Gasteiger partial charge on any atom is -0.872 e. The van der Waals surface area contributed by atoms with E-state index in [1.807, 2.05) is 38.4 Å². The fraction of sp³-hybridized carbons (Fsp3) is 0.125. The maximum atomic E-state index is 11.1. The predicted molar refractivity (Wildman–Crippen MR) is 74.8 cm³/mol. The molecule has 2 rings (SSSR count). The largest absolute Gasteiger partial charge is 1.00 e. The Balaban J connectivity index is 0.00000180. The summed E-state index contributed by atoms with van der Waals surface area (Å²) in [5.41, 5.74) is 4.13. The molecule has 92 valence electrons. The van der Waals surface area contributed by atoms with Crippen LogP contribution in [0, 0.1) is 0 Å². The van der Waals surface area contributed by atoms with Crippen LogP contribution in [0.3, 0.4) is 0 Å². The van der Waals surface area contributed by atoms with E-state index in [1.54, 1.807) is 12.1 Å². The Labute approximate surface area is 136 Å². The van der Waals surface area contributed by atoms with E-state index >= 15 is 0 Å². The van der Waals surface area contributed by atoms with Gasteiger partial charge in [-0.1, -0.05) is 43.0 Å². The summed E-state index contributed by atoms with van der Waals surface area (Å²) in [7, 11) is 4.02. The molecule has 0 aromatic heterocycles. The Morgan fingerprint density at radius 3 is 1.74 bits per heavy atom. The third-order valence-electron chi connectivity index (χ3n) is 2.93. The summed E-state index contributed by atoms with van der Waals surface area (Å²) in [6.07, 6.45) is 0. The van der Waals surface area contributed by atoms with E-state index < -0.39 is 0 Å². The first-order chi connectivity index (χ1) is 8.58. The minimum absolute atomic E-state index is 0. The molecule has 0 aliphatic carbocycles. The topological polar surface area (TPSA) is 26.3 Å². The summed E-state index contributed by atoms with van der Waals surface area (Å²) in [5.74, 6) is 0.0227. The molecule has 0 atom stereocenters. The summed E-state index contributed by atoms with van der Waals surface area (Å²) in [5, 5.41) is 11.1. The quantitative estimate of drug-likeness (QED) is 0.721. The Morgan fingerprint density at radius 2 is 1.32 bits per heavy atom. The van der Waals surface area contributed by atoms with Crippen LogP contribution in [0.1, 0.15) is 11.1 Å². The van der Waals surface area contributed by atoms with E-state index in [1.165, 1.54) is 0 Å². The van der Waals surface area contributed by atoms with E-state index in [2.05, 4.69) is 23.6 Å². The van der Waals surface area contributed by atoms with Gasteiger partial charge in [-0.3, -0.25) is 0 Å². The average Bonchev–Trinajstić information content (AvgIpc) is 2.39. The number of nitrogens with zero attached hydrogens (tertiary/aromatic N) is 1. The molecule has 0 N–H and O–H groups in total. The molecule has 0 saturated carbocycles. The van der Waals surface area contributed by atoms with Crippen LogP contribution in [0.15, 0.2) is 55.1 Å². The number of rotatable bonds is 3. The molecule has 0 radical (unpaired) electrons. The second-order valence-electron chi connectivity index (χ2n) is 4.44. The van der Waals surface area contributed by atoms with Crippen molar-refractivity contribution in [3.05, 3.63) is 66.2 Å². The number of benzene rings is 2. The zero-order chi connectivity index (χ0) is 13.1. The van der Waals surface area contributed by atoms with Crippen molar-refractivity contribution in [3.8, 4) is 5.75 Å². The molecule has 3 heteroatoms. The zero-order valence-corrected chi connectivity index (χ0v) is 13.7. The van der Waals surface area contributed by atoms with Gasteiger partial charge in [-0.05, 0) is 28.8 Å². The molecule has 0 amide bonds. The van der Waals surface area contributed by atoms with Crippen LogP contribution in [0.4, 0.5) is 5.69 Å². The summed E-state index contributed by atoms with van der Waals surface area (Å²) < 4.78 is 0. The van der Waals surface area contributed by atoms with E-state index in [4.69, 9.17) is 0 Å². The molecular weight excluding hydrogens is 245 g/mol. The molecule has 0 aliphatic heterocycles. The molecule has 0 spiro atoms. The minimum atomic E-state index is 0. The van der Waals surface area contributed by atoms with Crippen molar-refractivity contribution in [3.63, 3.8) is 0 Å². The fourth-order valence-corrected chi connectivity index (χ4v) is 1.78. The summed E-state index contributed by atoms with van der Waals surface area (Å²) in [6.45, 7) is 4.08. The van der Waals surface area contributed by atoms with E-state index in [0.29, 0.717) is 0 Å². The van der Waals surface area contributed by atoms with Gasteiger partial charge >= 0.3 is 29.6 Å². The van der Waals surface area contributed by atoms with Crippen molar-refractivity contribution in [2.24, 2.45) is 0 Å².